The molecule has 52 valence electrons. The summed E-state index contributed by atoms with van der Waals surface area (Å²) in [6, 6.07) is 0. The molecule has 0 fully saturated rings. The molecule has 0 aromatic heterocycles. The highest BCUT2D eigenvalue weighted by Gasteiger charge is 2.21. The molecular weight excluding hydrogens is 128 g/mol. The molecule has 2 heterocycles. The molecule has 0 saturated heterocycles. The van der Waals surface area contributed by atoms with E-state index in [4.69, 9.17) is 0 Å². The fraction of sp³-hybridized carbons (Fsp3) is 0.429. The maximum absolute atomic E-state index is 10.8. The van der Waals surface area contributed by atoms with E-state index in [2.05, 4.69) is 10.3 Å². The summed E-state index contributed by atoms with van der Waals surface area (Å²) in [4.78, 5) is 14.8. The Morgan fingerprint density at radius 3 is 3.30 bits per heavy atom. The van der Waals surface area contributed by atoms with E-state index in [1.54, 1.807) is 0 Å². The average molecular weight is 136 g/mol. The van der Waals surface area contributed by atoms with Gasteiger partial charge in [-0.2, -0.15) is 0 Å². The van der Waals surface area contributed by atoms with Crippen molar-refractivity contribution in [2.75, 3.05) is 0 Å². The van der Waals surface area contributed by atoms with Crippen molar-refractivity contribution in [3.63, 3.8) is 0 Å². The van der Waals surface area contributed by atoms with Gasteiger partial charge in [0.2, 0.25) is 5.91 Å². The standard InChI is InChI=1S/C7H8N2O/c10-6-4-5-2-1-3-8-7(5)9-6/h3H,1-2,4H2,(H,9,10). The lowest BCUT2D eigenvalue weighted by atomic mass is 10.1. The van der Waals surface area contributed by atoms with Gasteiger partial charge in [-0.1, -0.05) is 0 Å². The highest BCUT2D eigenvalue weighted by atomic mass is 16.1. The summed E-state index contributed by atoms with van der Waals surface area (Å²) >= 11 is 0. The number of nitrogens with one attached hydrogen (secondary N) is 1. The van der Waals surface area contributed by atoms with E-state index in [1.807, 2.05) is 6.21 Å². The first-order valence-electron chi connectivity index (χ1n) is 3.40. The Morgan fingerprint density at radius 2 is 2.50 bits per heavy atom. The van der Waals surface area contributed by atoms with Gasteiger partial charge in [-0.05, 0) is 18.4 Å². The smallest absolute Gasteiger partial charge is 0.229 e. The van der Waals surface area contributed by atoms with Gasteiger partial charge in [0.1, 0.15) is 5.82 Å². The average Bonchev–Trinajstić information content (AvgIpc) is 2.27. The Morgan fingerprint density at radius 1 is 1.60 bits per heavy atom. The van der Waals surface area contributed by atoms with Crippen LogP contribution in [0.5, 0.6) is 0 Å². The molecule has 0 aliphatic carbocycles. The van der Waals surface area contributed by atoms with Crippen molar-refractivity contribution in [2.24, 2.45) is 4.99 Å². The fourth-order valence-corrected chi connectivity index (χ4v) is 1.27. The van der Waals surface area contributed by atoms with Crippen molar-refractivity contribution in [3.8, 4) is 0 Å². The molecule has 3 heteroatoms. The van der Waals surface area contributed by atoms with Crippen LogP contribution in [0.3, 0.4) is 0 Å². The molecule has 2 aliphatic rings. The first kappa shape index (κ1) is 5.65. The molecule has 0 aromatic rings. The fourth-order valence-electron chi connectivity index (χ4n) is 1.27. The monoisotopic (exact) mass is 136 g/mol. The van der Waals surface area contributed by atoms with E-state index in [0.717, 1.165) is 18.7 Å². The molecule has 0 spiro atoms. The van der Waals surface area contributed by atoms with Crippen LogP contribution in [0.25, 0.3) is 0 Å². The number of amides is 1. The molecule has 1 amide bonds. The number of hydrogen-bond donors (Lipinski definition) is 1. The van der Waals surface area contributed by atoms with Gasteiger partial charge in [0, 0.05) is 6.21 Å². The number of hydrogen-bond acceptors (Lipinski definition) is 2. The van der Waals surface area contributed by atoms with Crippen molar-refractivity contribution in [3.05, 3.63) is 11.4 Å². The molecule has 0 aromatic carbocycles. The minimum Gasteiger partial charge on any atom is -0.310 e. The van der Waals surface area contributed by atoms with Gasteiger partial charge < -0.3 is 5.32 Å². The number of rotatable bonds is 0. The van der Waals surface area contributed by atoms with Gasteiger partial charge in [-0.25, -0.2) is 4.99 Å². The van der Waals surface area contributed by atoms with Crippen LogP contribution in [0.1, 0.15) is 19.3 Å². The van der Waals surface area contributed by atoms with Crippen molar-refractivity contribution >= 4 is 12.1 Å². The molecule has 0 unspecified atom stereocenters. The van der Waals surface area contributed by atoms with E-state index >= 15 is 0 Å². The van der Waals surface area contributed by atoms with Crippen LogP contribution in [0, 0.1) is 0 Å². The van der Waals surface area contributed by atoms with E-state index in [0.29, 0.717) is 6.42 Å². The number of carbonyl (C=O) groups excluding carboxylic acids is 1. The second kappa shape index (κ2) is 1.94. The maximum Gasteiger partial charge on any atom is 0.229 e. The van der Waals surface area contributed by atoms with Crippen LogP contribution in [0.2, 0.25) is 0 Å². The second-order valence-corrected chi connectivity index (χ2v) is 2.53. The maximum atomic E-state index is 10.8. The number of aliphatic imine (C=N–C) groups is 1. The van der Waals surface area contributed by atoms with Crippen LogP contribution in [-0.4, -0.2) is 12.1 Å². The van der Waals surface area contributed by atoms with Crippen molar-refractivity contribution in [1.29, 1.82) is 0 Å². The van der Waals surface area contributed by atoms with Crippen molar-refractivity contribution in [1.82, 2.24) is 5.32 Å². The topological polar surface area (TPSA) is 41.5 Å². The largest absolute Gasteiger partial charge is 0.310 e. The van der Waals surface area contributed by atoms with Gasteiger partial charge in [0.15, 0.2) is 0 Å². The first-order chi connectivity index (χ1) is 4.86. The predicted molar refractivity (Wildman–Crippen MR) is 37.5 cm³/mol. The SMILES string of the molecule is O=C1CC2=C(N=CCC2)N1. The van der Waals surface area contributed by atoms with Crippen molar-refractivity contribution < 1.29 is 4.79 Å². The summed E-state index contributed by atoms with van der Waals surface area (Å²) in [5.74, 6) is 0.889. The van der Waals surface area contributed by atoms with Gasteiger partial charge >= 0.3 is 0 Å². The van der Waals surface area contributed by atoms with E-state index in [-0.39, 0.29) is 5.91 Å². The minimum atomic E-state index is 0.0871. The molecule has 0 atom stereocenters. The molecule has 10 heavy (non-hydrogen) atoms. The second-order valence-electron chi connectivity index (χ2n) is 2.53. The summed E-state index contributed by atoms with van der Waals surface area (Å²) in [7, 11) is 0. The van der Waals surface area contributed by atoms with Gasteiger partial charge in [-0.3, -0.25) is 4.79 Å². The van der Waals surface area contributed by atoms with Crippen LogP contribution in [0.15, 0.2) is 16.4 Å². The van der Waals surface area contributed by atoms with Gasteiger partial charge in [-0.15, -0.1) is 0 Å². The Hall–Kier alpha value is -1.12. The summed E-state index contributed by atoms with van der Waals surface area (Å²) in [5, 5.41) is 2.70. The third kappa shape index (κ3) is 0.744. The Labute approximate surface area is 58.8 Å². The van der Waals surface area contributed by atoms with Crippen LogP contribution >= 0.6 is 0 Å². The van der Waals surface area contributed by atoms with Gasteiger partial charge in [0.25, 0.3) is 0 Å². The lowest BCUT2D eigenvalue weighted by Crippen LogP contribution is -2.13. The van der Waals surface area contributed by atoms with Crippen LogP contribution in [0.4, 0.5) is 0 Å². The lowest BCUT2D eigenvalue weighted by molar-refractivity contribution is -0.118. The third-order valence-electron chi connectivity index (χ3n) is 1.76. The summed E-state index contributed by atoms with van der Waals surface area (Å²) in [5.41, 5.74) is 1.17. The Balaban J connectivity index is 2.29. The summed E-state index contributed by atoms with van der Waals surface area (Å²) < 4.78 is 0. The highest BCUT2D eigenvalue weighted by molar-refractivity contribution is 5.85. The summed E-state index contributed by atoms with van der Waals surface area (Å²) in [6.07, 6.45) is 4.39. The zero-order chi connectivity index (χ0) is 6.97. The van der Waals surface area contributed by atoms with Crippen molar-refractivity contribution in [2.45, 2.75) is 19.3 Å². The lowest BCUT2D eigenvalue weighted by Gasteiger charge is -2.03. The minimum absolute atomic E-state index is 0.0871. The molecule has 0 bridgehead atoms. The molecule has 2 rings (SSSR count). The Bertz CT molecular complexity index is 240. The number of carbonyl (C=O) groups is 1. The molecule has 3 nitrogen and oxygen atoms in total. The highest BCUT2D eigenvalue weighted by Crippen LogP contribution is 2.22. The summed E-state index contributed by atoms with van der Waals surface area (Å²) in [6.45, 7) is 0. The van der Waals surface area contributed by atoms with E-state index in [9.17, 15) is 4.79 Å². The van der Waals surface area contributed by atoms with Crippen LogP contribution in [-0.2, 0) is 4.79 Å². The normalized spacial score (nSPS) is 23.0. The first-order valence-corrected chi connectivity index (χ1v) is 3.40. The zero-order valence-electron chi connectivity index (χ0n) is 5.55. The molecule has 2 aliphatic heterocycles. The van der Waals surface area contributed by atoms with E-state index < -0.39 is 0 Å². The van der Waals surface area contributed by atoms with Crippen LogP contribution < -0.4 is 5.32 Å². The zero-order valence-corrected chi connectivity index (χ0v) is 5.55. The van der Waals surface area contributed by atoms with Gasteiger partial charge in [0.05, 0.1) is 6.42 Å². The third-order valence-corrected chi connectivity index (χ3v) is 1.76. The number of nitrogens with zero attached hydrogens (tertiary/aromatic N) is 1. The molecular formula is C7H8N2O. The predicted octanol–water partition coefficient (Wildman–Crippen LogP) is 0.583. The Kier molecular flexibility index (Phi) is 1.09. The molecule has 1 N–H and O–H groups in total. The molecule has 0 saturated carbocycles. The quantitative estimate of drug-likeness (QED) is 0.520. The van der Waals surface area contributed by atoms with E-state index in [1.165, 1.54) is 5.57 Å². The molecule has 0 radical (unpaired) electrons.